The van der Waals surface area contributed by atoms with Crippen LogP contribution < -0.4 is 0 Å². The Hall–Kier alpha value is -1.37. The first-order valence-corrected chi connectivity index (χ1v) is 7.98. The van der Waals surface area contributed by atoms with Gasteiger partial charge < -0.3 is 0 Å². The molecular weight excluding hydrogens is 242 g/mol. The van der Waals surface area contributed by atoms with Gasteiger partial charge in [-0.3, -0.25) is 4.98 Å². The van der Waals surface area contributed by atoms with E-state index in [2.05, 4.69) is 50.9 Å². The summed E-state index contributed by atoms with van der Waals surface area (Å²) < 4.78 is 0. The lowest BCUT2D eigenvalue weighted by Gasteiger charge is -2.16. The molecule has 2 aromatic rings. The molecule has 0 aliphatic rings. The zero-order valence-electron chi connectivity index (χ0n) is 14.5. The number of hydrogen-bond donors (Lipinski definition) is 0. The van der Waals surface area contributed by atoms with Crippen LogP contribution in [0.4, 0.5) is 0 Å². The first-order chi connectivity index (χ1) is 9.59. The molecule has 0 amide bonds. The van der Waals surface area contributed by atoms with E-state index in [0.29, 0.717) is 11.8 Å². The monoisotopic (exact) mass is 273 g/mol. The number of aromatic nitrogens is 1. The van der Waals surface area contributed by atoms with Gasteiger partial charge in [0, 0.05) is 11.6 Å². The van der Waals surface area contributed by atoms with Crippen molar-refractivity contribution < 1.29 is 0 Å². The van der Waals surface area contributed by atoms with Gasteiger partial charge in [-0.15, -0.1) is 0 Å². The number of pyridine rings is 1. The van der Waals surface area contributed by atoms with E-state index in [1.54, 1.807) is 0 Å². The van der Waals surface area contributed by atoms with Gasteiger partial charge in [-0.25, -0.2) is 0 Å². The van der Waals surface area contributed by atoms with Crippen molar-refractivity contribution in [3.63, 3.8) is 0 Å². The average Bonchev–Trinajstić information content (AvgIpc) is 2.49. The third-order valence-electron chi connectivity index (χ3n) is 3.05. The Morgan fingerprint density at radius 1 is 0.800 bits per heavy atom. The molecular formula is C19H31N. The van der Waals surface area contributed by atoms with Crippen LogP contribution in [0.1, 0.15) is 78.4 Å². The topological polar surface area (TPSA) is 12.9 Å². The van der Waals surface area contributed by atoms with Crippen molar-refractivity contribution >= 4 is 10.9 Å². The van der Waals surface area contributed by atoms with E-state index in [9.17, 15) is 0 Å². The van der Waals surface area contributed by atoms with Crippen LogP contribution in [0.2, 0.25) is 0 Å². The van der Waals surface area contributed by atoms with Crippen LogP contribution in [0.3, 0.4) is 0 Å². The highest BCUT2D eigenvalue weighted by atomic mass is 14.6. The lowest BCUT2D eigenvalue weighted by molar-refractivity contribution is 0.792. The summed E-state index contributed by atoms with van der Waals surface area (Å²) in [5.74, 6) is 1.13. The molecule has 2 rings (SSSR count). The first-order valence-electron chi connectivity index (χ1n) is 7.98. The fraction of sp³-hybridized carbons (Fsp3) is 0.526. The Morgan fingerprint density at radius 2 is 1.30 bits per heavy atom. The zero-order valence-corrected chi connectivity index (χ0v) is 14.5. The second-order valence-electron chi connectivity index (χ2n) is 4.99. The van der Waals surface area contributed by atoms with Crippen molar-refractivity contribution in [2.45, 2.75) is 67.2 Å². The predicted octanol–water partition coefficient (Wildman–Crippen LogP) is 6.53. The Balaban J connectivity index is 0.000000829. The fourth-order valence-corrected chi connectivity index (χ4v) is 2.15. The summed E-state index contributed by atoms with van der Waals surface area (Å²) in [5, 5.41) is 1.25. The zero-order chi connectivity index (χ0) is 15.7. The molecule has 0 fully saturated rings. The SMILES string of the molecule is CC.CC.CC(C)c1cc2cccnc2cc1C(C)C. The van der Waals surface area contributed by atoms with E-state index in [0.717, 1.165) is 5.52 Å². The highest BCUT2D eigenvalue weighted by molar-refractivity contribution is 5.80. The van der Waals surface area contributed by atoms with Gasteiger partial charge >= 0.3 is 0 Å². The molecule has 0 radical (unpaired) electrons. The van der Waals surface area contributed by atoms with Crippen LogP contribution in [0.15, 0.2) is 30.5 Å². The summed E-state index contributed by atoms with van der Waals surface area (Å²) in [6, 6.07) is 8.68. The summed E-state index contributed by atoms with van der Waals surface area (Å²) in [6.45, 7) is 17.0. The molecule has 0 saturated heterocycles. The molecule has 1 aromatic carbocycles. The molecule has 0 aliphatic carbocycles. The van der Waals surface area contributed by atoms with Crippen molar-refractivity contribution in [3.05, 3.63) is 41.6 Å². The number of benzene rings is 1. The first kappa shape index (κ1) is 18.6. The van der Waals surface area contributed by atoms with E-state index in [1.807, 2.05) is 40.0 Å². The highest BCUT2D eigenvalue weighted by Gasteiger charge is 2.11. The lowest BCUT2D eigenvalue weighted by atomic mass is 9.89. The van der Waals surface area contributed by atoms with E-state index in [1.165, 1.54) is 16.5 Å². The van der Waals surface area contributed by atoms with Gasteiger partial charge in [0.2, 0.25) is 0 Å². The van der Waals surface area contributed by atoms with Gasteiger partial charge in [-0.2, -0.15) is 0 Å². The number of rotatable bonds is 2. The molecule has 1 heterocycles. The third-order valence-corrected chi connectivity index (χ3v) is 3.05. The van der Waals surface area contributed by atoms with Gasteiger partial charge in [-0.05, 0) is 41.2 Å². The summed E-state index contributed by atoms with van der Waals surface area (Å²) in [5.41, 5.74) is 3.99. The second kappa shape index (κ2) is 9.52. The van der Waals surface area contributed by atoms with Crippen molar-refractivity contribution in [1.82, 2.24) is 4.98 Å². The maximum Gasteiger partial charge on any atom is 0.0704 e. The quantitative estimate of drug-likeness (QED) is 0.606. The van der Waals surface area contributed by atoms with Crippen molar-refractivity contribution in [2.24, 2.45) is 0 Å². The minimum Gasteiger partial charge on any atom is -0.256 e. The third kappa shape index (κ3) is 4.63. The van der Waals surface area contributed by atoms with Crippen LogP contribution in [0.25, 0.3) is 10.9 Å². The van der Waals surface area contributed by atoms with Gasteiger partial charge in [0.15, 0.2) is 0 Å². The Labute approximate surface area is 125 Å². The van der Waals surface area contributed by atoms with Crippen LogP contribution >= 0.6 is 0 Å². The van der Waals surface area contributed by atoms with Crippen LogP contribution in [-0.4, -0.2) is 4.98 Å². The molecule has 1 nitrogen and oxygen atoms in total. The number of hydrogen-bond acceptors (Lipinski definition) is 1. The highest BCUT2D eigenvalue weighted by Crippen LogP contribution is 2.29. The summed E-state index contributed by atoms with van der Waals surface area (Å²) in [7, 11) is 0. The maximum atomic E-state index is 4.42. The molecule has 0 bridgehead atoms. The Kier molecular flexibility index (Phi) is 8.87. The molecule has 112 valence electrons. The van der Waals surface area contributed by atoms with Crippen LogP contribution in [0, 0.1) is 0 Å². The molecule has 0 N–H and O–H groups in total. The largest absolute Gasteiger partial charge is 0.256 e. The van der Waals surface area contributed by atoms with Crippen molar-refractivity contribution in [2.75, 3.05) is 0 Å². The molecule has 0 spiro atoms. The Bertz CT molecular complexity index is 452. The molecule has 0 unspecified atom stereocenters. The van der Waals surface area contributed by atoms with Gasteiger partial charge in [-0.1, -0.05) is 61.5 Å². The van der Waals surface area contributed by atoms with Gasteiger partial charge in [0.25, 0.3) is 0 Å². The number of nitrogens with zero attached hydrogens (tertiary/aromatic N) is 1. The second-order valence-corrected chi connectivity index (χ2v) is 4.99. The molecule has 0 atom stereocenters. The van der Waals surface area contributed by atoms with Crippen LogP contribution in [0.5, 0.6) is 0 Å². The van der Waals surface area contributed by atoms with E-state index in [4.69, 9.17) is 0 Å². The summed E-state index contributed by atoms with van der Waals surface area (Å²) in [6.07, 6.45) is 1.86. The van der Waals surface area contributed by atoms with Crippen molar-refractivity contribution in [3.8, 4) is 0 Å². The minimum absolute atomic E-state index is 0.559. The van der Waals surface area contributed by atoms with E-state index >= 15 is 0 Å². The Morgan fingerprint density at radius 3 is 1.80 bits per heavy atom. The summed E-state index contributed by atoms with van der Waals surface area (Å²) >= 11 is 0. The maximum absolute atomic E-state index is 4.42. The van der Waals surface area contributed by atoms with Gasteiger partial charge in [0.05, 0.1) is 5.52 Å². The molecule has 1 heteroatoms. The van der Waals surface area contributed by atoms with Gasteiger partial charge in [0.1, 0.15) is 0 Å². The minimum atomic E-state index is 0.559. The summed E-state index contributed by atoms with van der Waals surface area (Å²) in [4.78, 5) is 4.42. The smallest absolute Gasteiger partial charge is 0.0704 e. The average molecular weight is 273 g/mol. The molecule has 0 aliphatic heterocycles. The molecule has 0 saturated carbocycles. The molecule has 20 heavy (non-hydrogen) atoms. The predicted molar refractivity (Wildman–Crippen MR) is 92.6 cm³/mol. The standard InChI is InChI=1S/C15H19N.2C2H6/c1-10(2)13-8-12-6-5-7-16-15(12)9-14(13)11(3)4;2*1-2/h5-11H,1-4H3;2*1-2H3. The molecule has 1 aromatic heterocycles. The number of fused-ring (bicyclic) bond motifs is 1. The fourth-order valence-electron chi connectivity index (χ4n) is 2.15. The van der Waals surface area contributed by atoms with E-state index in [-0.39, 0.29) is 0 Å². The van der Waals surface area contributed by atoms with E-state index < -0.39 is 0 Å². The van der Waals surface area contributed by atoms with Crippen LogP contribution in [-0.2, 0) is 0 Å². The normalized spacial score (nSPS) is 9.90. The lowest BCUT2D eigenvalue weighted by Crippen LogP contribution is -1.99. The van der Waals surface area contributed by atoms with Crippen molar-refractivity contribution in [1.29, 1.82) is 0 Å².